The molecule has 0 saturated heterocycles. The molecule has 2 aliphatic rings. The molecule has 0 radical (unpaired) electrons. The Labute approximate surface area is 86.9 Å². The lowest BCUT2D eigenvalue weighted by molar-refractivity contribution is 0.437. The average Bonchev–Trinajstić information content (AvgIpc) is 2.62. The summed E-state index contributed by atoms with van der Waals surface area (Å²) in [5.41, 5.74) is 2.01. The monoisotopic (exact) mass is 199 g/mol. The maximum Gasteiger partial charge on any atom is 0.160 e. The van der Waals surface area contributed by atoms with Crippen molar-refractivity contribution in [1.29, 1.82) is 0 Å². The van der Waals surface area contributed by atoms with E-state index in [1.165, 1.54) is 0 Å². The number of anilines is 1. The average molecular weight is 199 g/mol. The highest BCUT2D eigenvalue weighted by Crippen LogP contribution is 2.32. The van der Waals surface area contributed by atoms with Gasteiger partial charge in [-0.3, -0.25) is 0 Å². The first kappa shape index (κ1) is 8.23. The quantitative estimate of drug-likeness (QED) is 0.698. The fourth-order valence-electron chi connectivity index (χ4n) is 1.79. The van der Waals surface area contributed by atoms with Crippen LogP contribution in [0.3, 0.4) is 0 Å². The minimum Gasteiger partial charge on any atom is -0.508 e. The normalized spacial score (nSPS) is 17.7. The third-order valence-corrected chi connectivity index (χ3v) is 2.46. The minimum atomic E-state index is 0.209. The van der Waals surface area contributed by atoms with E-state index in [0.29, 0.717) is 12.5 Å². The van der Waals surface area contributed by atoms with Crippen molar-refractivity contribution in [2.45, 2.75) is 0 Å². The zero-order valence-corrected chi connectivity index (χ0v) is 7.96. The largest absolute Gasteiger partial charge is 0.508 e. The van der Waals surface area contributed by atoms with Gasteiger partial charge >= 0.3 is 0 Å². The van der Waals surface area contributed by atoms with Gasteiger partial charge < -0.3 is 10.0 Å². The molecule has 74 valence electrons. The van der Waals surface area contributed by atoms with Crippen LogP contribution in [-0.2, 0) is 0 Å². The van der Waals surface area contributed by atoms with Crippen LogP contribution in [0, 0.1) is 0 Å². The number of nitrogens with zero attached hydrogens (tertiary/aromatic N) is 3. The molecule has 4 nitrogen and oxygen atoms in total. The maximum atomic E-state index is 9.64. The molecule has 0 saturated carbocycles. The topological polar surface area (TPSA) is 48.2 Å². The summed E-state index contributed by atoms with van der Waals surface area (Å²) in [5.74, 6) is 0.898. The number of fused-ring (bicyclic) bond motifs is 3. The lowest BCUT2D eigenvalue weighted by Gasteiger charge is -2.17. The van der Waals surface area contributed by atoms with Gasteiger partial charge in [0.15, 0.2) is 5.82 Å². The Hall–Kier alpha value is -2.10. The third kappa shape index (κ3) is 1.22. The molecule has 15 heavy (non-hydrogen) atoms. The van der Waals surface area contributed by atoms with Crippen LogP contribution in [0.15, 0.2) is 52.2 Å². The maximum absolute atomic E-state index is 9.64. The highest BCUT2D eigenvalue weighted by Gasteiger charge is 2.21. The number of hydrogen-bond acceptors (Lipinski definition) is 4. The standard InChI is InChI=1S/C11H9N3O/c15-9-5-8-3-1-2-4-10(8)14-7-12-13-11(14)6-9/h1-6,15H,7H2. The number of azo groups is 1. The second-order valence-corrected chi connectivity index (χ2v) is 3.44. The van der Waals surface area contributed by atoms with Crippen LogP contribution < -0.4 is 4.90 Å². The molecule has 0 spiro atoms. The number of benzene rings is 1. The van der Waals surface area contributed by atoms with Crippen molar-refractivity contribution >= 4 is 11.8 Å². The van der Waals surface area contributed by atoms with Crippen molar-refractivity contribution in [1.82, 2.24) is 0 Å². The van der Waals surface area contributed by atoms with Crippen LogP contribution in [0.25, 0.3) is 6.08 Å². The first-order valence-corrected chi connectivity index (χ1v) is 4.71. The summed E-state index contributed by atoms with van der Waals surface area (Å²) in [6.07, 6.45) is 3.35. The van der Waals surface area contributed by atoms with E-state index in [1.807, 2.05) is 29.2 Å². The lowest BCUT2D eigenvalue weighted by Crippen LogP contribution is -2.17. The van der Waals surface area contributed by atoms with Crippen molar-refractivity contribution in [3.8, 4) is 0 Å². The summed E-state index contributed by atoms with van der Waals surface area (Å²) in [6.45, 7) is 0.518. The Morgan fingerprint density at radius 1 is 1.20 bits per heavy atom. The molecule has 2 heterocycles. The number of allylic oxidation sites excluding steroid dienone is 1. The fraction of sp³-hybridized carbons (Fsp3) is 0.0909. The smallest absolute Gasteiger partial charge is 0.160 e. The van der Waals surface area contributed by atoms with Gasteiger partial charge in [-0.15, -0.1) is 5.11 Å². The molecule has 0 bridgehead atoms. The van der Waals surface area contributed by atoms with Crippen LogP contribution in [0.4, 0.5) is 5.69 Å². The molecule has 1 N–H and O–H groups in total. The molecule has 0 aromatic heterocycles. The summed E-state index contributed by atoms with van der Waals surface area (Å²) in [7, 11) is 0. The molecule has 4 heteroatoms. The van der Waals surface area contributed by atoms with Crippen LogP contribution in [0.1, 0.15) is 5.56 Å². The van der Waals surface area contributed by atoms with E-state index in [9.17, 15) is 5.11 Å². The van der Waals surface area contributed by atoms with Gasteiger partial charge in [0.2, 0.25) is 0 Å². The van der Waals surface area contributed by atoms with Crippen LogP contribution in [-0.4, -0.2) is 11.8 Å². The molecule has 1 aromatic rings. The van der Waals surface area contributed by atoms with Crippen molar-refractivity contribution < 1.29 is 5.11 Å². The summed E-state index contributed by atoms with van der Waals surface area (Å²) in [6, 6.07) is 7.86. The molecular formula is C11H9N3O. The third-order valence-electron chi connectivity index (χ3n) is 2.46. The van der Waals surface area contributed by atoms with E-state index in [-0.39, 0.29) is 5.76 Å². The van der Waals surface area contributed by atoms with E-state index in [0.717, 1.165) is 11.3 Å². The molecule has 1 aromatic carbocycles. The van der Waals surface area contributed by atoms with Gasteiger partial charge in [-0.25, -0.2) is 0 Å². The second-order valence-electron chi connectivity index (χ2n) is 3.44. The number of aliphatic hydroxyl groups excluding tert-OH is 1. The van der Waals surface area contributed by atoms with E-state index in [1.54, 1.807) is 12.2 Å². The van der Waals surface area contributed by atoms with E-state index in [2.05, 4.69) is 10.2 Å². The fourth-order valence-corrected chi connectivity index (χ4v) is 1.79. The van der Waals surface area contributed by atoms with Crippen molar-refractivity contribution in [3.63, 3.8) is 0 Å². The first-order chi connectivity index (χ1) is 7.34. The molecule has 0 unspecified atom stereocenters. The summed E-state index contributed by atoms with van der Waals surface area (Å²) >= 11 is 0. The van der Waals surface area contributed by atoms with Gasteiger partial charge in [-0.2, -0.15) is 5.11 Å². The van der Waals surface area contributed by atoms with Gasteiger partial charge in [0.25, 0.3) is 0 Å². The van der Waals surface area contributed by atoms with E-state index in [4.69, 9.17) is 0 Å². The highest BCUT2D eigenvalue weighted by molar-refractivity contribution is 5.73. The van der Waals surface area contributed by atoms with Crippen LogP contribution in [0.5, 0.6) is 0 Å². The SMILES string of the molecule is OC1=Cc2ccccc2N2CN=NC2=C1. The van der Waals surface area contributed by atoms with Crippen LogP contribution in [0.2, 0.25) is 0 Å². The number of rotatable bonds is 0. The lowest BCUT2D eigenvalue weighted by atomic mass is 10.1. The van der Waals surface area contributed by atoms with Crippen molar-refractivity contribution in [2.75, 3.05) is 11.6 Å². The van der Waals surface area contributed by atoms with E-state index >= 15 is 0 Å². The van der Waals surface area contributed by atoms with E-state index < -0.39 is 0 Å². The van der Waals surface area contributed by atoms with Gasteiger partial charge in [0.1, 0.15) is 12.4 Å². The summed E-state index contributed by atoms with van der Waals surface area (Å²) in [4.78, 5) is 1.97. The minimum absolute atomic E-state index is 0.209. The predicted molar refractivity (Wildman–Crippen MR) is 57.3 cm³/mol. The molecule has 0 amide bonds. The molecule has 0 atom stereocenters. The van der Waals surface area contributed by atoms with Crippen LogP contribution >= 0.6 is 0 Å². The predicted octanol–water partition coefficient (Wildman–Crippen LogP) is 2.67. The summed E-state index contributed by atoms with van der Waals surface area (Å²) in [5, 5.41) is 17.6. The number of para-hydroxylation sites is 1. The Balaban J connectivity index is 2.23. The molecule has 0 fully saturated rings. The Bertz CT molecular complexity index is 502. The number of hydrogen-bond donors (Lipinski definition) is 1. The number of aliphatic hydroxyl groups is 1. The molecular weight excluding hydrogens is 190 g/mol. The Morgan fingerprint density at radius 3 is 3.00 bits per heavy atom. The summed E-state index contributed by atoms with van der Waals surface area (Å²) < 4.78 is 0. The van der Waals surface area contributed by atoms with Gasteiger partial charge in [-0.1, -0.05) is 18.2 Å². The first-order valence-electron chi connectivity index (χ1n) is 4.71. The van der Waals surface area contributed by atoms with Gasteiger partial charge in [0.05, 0.1) is 5.69 Å². The molecule has 0 aliphatic carbocycles. The van der Waals surface area contributed by atoms with Gasteiger partial charge in [0, 0.05) is 11.6 Å². The zero-order chi connectivity index (χ0) is 10.3. The second kappa shape index (κ2) is 2.95. The Kier molecular flexibility index (Phi) is 1.62. The zero-order valence-electron chi connectivity index (χ0n) is 7.96. The van der Waals surface area contributed by atoms with Crippen molar-refractivity contribution in [3.05, 3.63) is 47.5 Å². The molecule has 3 rings (SSSR count). The van der Waals surface area contributed by atoms with Gasteiger partial charge in [-0.05, 0) is 12.1 Å². The van der Waals surface area contributed by atoms with Crippen molar-refractivity contribution in [2.24, 2.45) is 10.2 Å². The highest BCUT2D eigenvalue weighted by atomic mass is 16.3. The Morgan fingerprint density at radius 2 is 2.07 bits per heavy atom. The molecule has 2 aliphatic heterocycles.